The van der Waals surface area contributed by atoms with Crippen LogP contribution in [0.1, 0.15) is 155 Å². The summed E-state index contributed by atoms with van der Waals surface area (Å²) in [6.07, 6.45) is 31.1. The molecule has 0 aliphatic rings. The summed E-state index contributed by atoms with van der Waals surface area (Å²) in [5.74, 6) is 0. The van der Waals surface area contributed by atoms with Crippen molar-refractivity contribution in [3.8, 4) is 0 Å². The Morgan fingerprint density at radius 2 is 0.525 bits per heavy atom. The molecular formula is C26H54Mg3O9P2. The third-order valence-corrected chi connectivity index (χ3v) is 5.78. The molecule has 0 aromatic heterocycles. The van der Waals surface area contributed by atoms with Crippen molar-refractivity contribution in [1.82, 2.24) is 0 Å². The van der Waals surface area contributed by atoms with Crippen LogP contribution >= 0.6 is 15.6 Å². The van der Waals surface area contributed by atoms with E-state index in [-0.39, 0.29) is 69.2 Å². The predicted octanol–water partition coefficient (Wildman–Crippen LogP) is 2.83. The van der Waals surface area contributed by atoms with E-state index < -0.39 is 15.6 Å². The molecule has 0 spiro atoms. The van der Waals surface area contributed by atoms with E-state index in [4.69, 9.17) is 43.2 Å². The van der Waals surface area contributed by atoms with E-state index in [2.05, 4.69) is 13.8 Å². The fraction of sp³-hybridized carbons (Fsp3) is 1.00. The molecule has 40 heavy (non-hydrogen) atoms. The SMILES string of the molecule is CCCCCCCCCCCCCOCCCCCCCCCCCCC.O=P([O-])([O-])[O-].O=P([O-])([O-])[O-].[Mg+2].[Mg+2].[Mg+2]. The smallest absolute Gasteiger partial charge is 0.822 e. The minimum Gasteiger partial charge on any atom is -0.822 e. The first-order valence-corrected chi connectivity index (χ1v) is 17.4. The Bertz CT molecular complexity index is 465. The first kappa shape index (κ1) is 54.9. The second-order valence-electron chi connectivity index (χ2n) is 9.58. The Labute approximate surface area is 294 Å². The van der Waals surface area contributed by atoms with Gasteiger partial charge >= 0.3 is 69.2 Å². The third kappa shape index (κ3) is 90.0. The van der Waals surface area contributed by atoms with Gasteiger partial charge in [0.1, 0.15) is 0 Å². The van der Waals surface area contributed by atoms with Crippen LogP contribution in [0.3, 0.4) is 0 Å². The standard InChI is InChI=1S/C26H54O.3Mg.2H3O4P/c1-3-5-7-9-11-13-15-17-19-21-23-25-27-26-24-22-20-18-16-14-12-10-8-6-4-2;;;;2*1-5(2,3)4/h3-26H2,1-2H3;;;;2*(H3,1,2,3,4)/q;3*+2;;/p-6. The molecule has 0 unspecified atom stereocenters. The van der Waals surface area contributed by atoms with Crippen molar-refractivity contribution in [2.75, 3.05) is 13.2 Å². The summed E-state index contributed by atoms with van der Waals surface area (Å²) in [5.41, 5.74) is 0. The molecule has 0 radical (unpaired) electrons. The minimum absolute atomic E-state index is 0. The van der Waals surface area contributed by atoms with Crippen LogP contribution in [0, 0.1) is 0 Å². The number of hydrogen-bond donors (Lipinski definition) is 0. The average molecular weight is 646 g/mol. The topological polar surface area (TPSA) is 182 Å². The fourth-order valence-electron chi connectivity index (χ4n) is 3.84. The summed E-state index contributed by atoms with van der Waals surface area (Å²) >= 11 is 0. The van der Waals surface area contributed by atoms with E-state index in [1.165, 1.54) is 141 Å². The fourth-order valence-corrected chi connectivity index (χ4v) is 3.84. The number of rotatable bonds is 24. The number of hydrogen-bond acceptors (Lipinski definition) is 9. The zero-order valence-corrected chi connectivity index (χ0v) is 31.7. The van der Waals surface area contributed by atoms with Crippen LogP contribution in [0.2, 0.25) is 0 Å². The molecule has 0 fully saturated rings. The van der Waals surface area contributed by atoms with E-state index in [0.717, 1.165) is 13.2 Å². The molecule has 0 bridgehead atoms. The maximum Gasteiger partial charge on any atom is 2.00 e. The van der Waals surface area contributed by atoms with Crippen LogP contribution in [0.4, 0.5) is 0 Å². The van der Waals surface area contributed by atoms with Gasteiger partial charge in [0.05, 0.1) is 0 Å². The summed E-state index contributed by atoms with van der Waals surface area (Å²) in [7, 11) is -10.8. The predicted molar refractivity (Wildman–Crippen MR) is 156 cm³/mol. The Kier molecular flexibility index (Phi) is 59.9. The van der Waals surface area contributed by atoms with Gasteiger partial charge in [-0.15, -0.1) is 0 Å². The van der Waals surface area contributed by atoms with Gasteiger partial charge in [-0.3, -0.25) is 0 Å². The largest absolute Gasteiger partial charge is 2.00 e. The molecule has 0 saturated heterocycles. The molecule has 0 aromatic rings. The van der Waals surface area contributed by atoms with Gasteiger partial charge in [-0.05, 0) is 12.8 Å². The molecule has 0 atom stereocenters. The Morgan fingerprint density at radius 3 is 0.700 bits per heavy atom. The number of unbranched alkanes of at least 4 members (excludes halogenated alkanes) is 20. The minimum atomic E-state index is -5.39. The quantitative estimate of drug-likeness (QED) is 0.0866. The zero-order valence-electron chi connectivity index (χ0n) is 25.7. The molecule has 0 amide bonds. The average Bonchev–Trinajstić information content (AvgIpc) is 2.77. The maximum absolute atomic E-state index is 8.55. The van der Waals surface area contributed by atoms with Crippen LogP contribution in [-0.2, 0) is 13.9 Å². The Balaban J connectivity index is -0.000000189. The normalized spacial score (nSPS) is 10.6. The van der Waals surface area contributed by atoms with Gasteiger partial charge in [0, 0.05) is 13.2 Å². The summed E-state index contributed by atoms with van der Waals surface area (Å²) in [6, 6.07) is 0. The monoisotopic (exact) mass is 644 g/mol. The van der Waals surface area contributed by atoms with Crippen molar-refractivity contribution in [2.24, 2.45) is 0 Å². The molecule has 14 heteroatoms. The molecule has 0 aromatic carbocycles. The first-order valence-electron chi connectivity index (χ1n) is 14.5. The Morgan fingerprint density at radius 1 is 0.375 bits per heavy atom. The number of phosphoric acid groups is 2. The second-order valence-corrected chi connectivity index (χ2v) is 11.4. The number of ether oxygens (including phenoxy) is 1. The molecule has 0 aliphatic carbocycles. The van der Waals surface area contributed by atoms with Crippen molar-refractivity contribution in [1.29, 1.82) is 0 Å². The van der Waals surface area contributed by atoms with Crippen molar-refractivity contribution in [2.45, 2.75) is 155 Å². The third-order valence-electron chi connectivity index (χ3n) is 5.78. The summed E-state index contributed by atoms with van der Waals surface area (Å²) in [4.78, 5) is 51.3. The van der Waals surface area contributed by atoms with Gasteiger partial charge in [0.25, 0.3) is 0 Å². The second kappa shape index (κ2) is 43.6. The molecule has 0 rings (SSSR count). The van der Waals surface area contributed by atoms with Crippen molar-refractivity contribution in [3.63, 3.8) is 0 Å². The molecule has 0 heterocycles. The van der Waals surface area contributed by atoms with Gasteiger partial charge in [-0.1, -0.05) is 142 Å². The van der Waals surface area contributed by atoms with Gasteiger partial charge in [-0.25, -0.2) is 0 Å². The van der Waals surface area contributed by atoms with E-state index in [1.54, 1.807) is 0 Å². The van der Waals surface area contributed by atoms with E-state index in [0.29, 0.717) is 0 Å². The molecular weight excluding hydrogens is 591 g/mol. The molecule has 0 aliphatic heterocycles. The van der Waals surface area contributed by atoms with Crippen LogP contribution in [0.5, 0.6) is 0 Å². The van der Waals surface area contributed by atoms with Gasteiger partial charge in [0.2, 0.25) is 0 Å². The van der Waals surface area contributed by atoms with E-state index in [1.807, 2.05) is 0 Å². The van der Waals surface area contributed by atoms with Crippen LogP contribution < -0.4 is 29.4 Å². The van der Waals surface area contributed by atoms with Crippen molar-refractivity contribution >= 4 is 84.8 Å². The molecule has 228 valence electrons. The van der Waals surface area contributed by atoms with Crippen LogP contribution in [-0.4, -0.2) is 82.4 Å². The van der Waals surface area contributed by atoms with E-state index >= 15 is 0 Å². The van der Waals surface area contributed by atoms with E-state index in [9.17, 15) is 0 Å². The molecule has 0 saturated carbocycles. The van der Waals surface area contributed by atoms with Crippen molar-refractivity contribution in [3.05, 3.63) is 0 Å². The van der Waals surface area contributed by atoms with Crippen LogP contribution in [0.15, 0.2) is 0 Å². The van der Waals surface area contributed by atoms with Crippen molar-refractivity contribution < 1.29 is 43.2 Å². The summed E-state index contributed by atoms with van der Waals surface area (Å²) in [6.45, 7) is 6.58. The maximum atomic E-state index is 8.55. The van der Waals surface area contributed by atoms with Gasteiger partial charge in [0.15, 0.2) is 0 Å². The molecule has 9 nitrogen and oxygen atoms in total. The van der Waals surface area contributed by atoms with Crippen LogP contribution in [0.25, 0.3) is 0 Å². The molecule has 0 N–H and O–H groups in total. The first-order chi connectivity index (χ1) is 17.4. The zero-order chi connectivity index (χ0) is 28.7. The Hall–Kier alpha value is 2.48. The van der Waals surface area contributed by atoms with Gasteiger partial charge < -0.3 is 43.2 Å². The van der Waals surface area contributed by atoms with Gasteiger partial charge in [-0.2, -0.15) is 15.6 Å². The summed E-state index contributed by atoms with van der Waals surface area (Å²) < 4.78 is 22.9. The summed E-state index contributed by atoms with van der Waals surface area (Å²) in [5, 5.41) is 0.